The molecule has 3 aromatic rings. The average molecular weight is 465 g/mol. The molecular formula is C27H29FN2O4. The molecule has 0 saturated carbocycles. The van der Waals surface area contributed by atoms with Crippen molar-refractivity contribution in [2.24, 2.45) is 5.41 Å². The van der Waals surface area contributed by atoms with Crippen LogP contribution in [0.2, 0.25) is 0 Å². The van der Waals surface area contributed by atoms with Crippen LogP contribution in [0.3, 0.4) is 0 Å². The number of hydrogen-bond acceptors (Lipinski definition) is 4. The average Bonchev–Trinajstić information content (AvgIpc) is 3.38. The molecule has 0 aliphatic heterocycles. The summed E-state index contributed by atoms with van der Waals surface area (Å²) in [7, 11) is 1.55. The van der Waals surface area contributed by atoms with Gasteiger partial charge in [-0.3, -0.25) is 4.79 Å². The molecule has 0 fully saturated rings. The quantitative estimate of drug-likeness (QED) is 0.432. The zero-order chi connectivity index (χ0) is 24.3. The van der Waals surface area contributed by atoms with Gasteiger partial charge in [0.1, 0.15) is 29.6 Å². The van der Waals surface area contributed by atoms with Gasteiger partial charge in [0.15, 0.2) is 0 Å². The molecule has 6 nitrogen and oxygen atoms in total. The number of carbonyl (C=O) groups is 1. The first-order valence-corrected chi connectivity index (χ1v) is 11.3. The van der Waals surface area contributed by atoms with Crippen LogP contribution < -0.4 is 9.47 Å². The standard InChI is InChI=1S/C27H29FN2O4/c1-27(2)13-5-8-22(27)26-19(16-29-30(26)24-15-20(33-3)10-11-23(24)28)17-34-21-7-4-6-18(14-21)9-12-25(31)32/h4,6-8,10-11,14-16H,5,9,12-13,17H2,1-3H3,(H,31,32). The Morgan fingerprint density at radius 2 is 2.03 bits per heavy atom. The second kappa shape index (κ2) is 9.71. The van der Waals surface area contributed by atoms with Gasteiger partial charge in [-0.1, -0.05) is 32.1 Å². The summed E-state index contributed by atoms with van der Waals surface area (Å²) in [5.41, 5.74) is 3.92. The number of aliphatic carboxylic acids is 1. The van der Waals surface area contributed by atoms with Gasteiger partial charge in [-0.25, -0.2) is 9.07 Å². The van der Waals surface area contributed by atoms with Crippen molar-refractivity contribution >= 4 is 11.5 Å². The van der Waals surface area contributed by atoms with E-state index in [0.717, 1.165) is 35.2 Å². The third-order valence-corrected chi connectivity index (χ3v) is 6.25. The molecule has 1 aliphatic rings. The van der Waals surface area contributed by atoms with Crippen molar-refractivity contribution in [3.05, 3.63) is 77.4 Å². The van der Waals surface area contributed by atoms with Crippen LogP contribution in [-0.4, -0.2) is 28.0 Å². The minimum Gasteiger partial charge on any atom is -0.497 e. The highest BCUT2D eigenvalue weighted by Gasteiger charge is 2.33. The third-order valence-electron chi connectivity index (χ3n) is 6.25. The Morgan fingerprint density at radius 3 is 2.74 bits per heavy atom. The molecule has 2 aromatic carbocycles. The minimum absolute atomic E-state index is 0.0652. The maximum atomic E-state index is 14.9. The number of ether oxygens (including phenoxy) is 2. The number of carboxylic acids is 1. The highest BCUT2D eigenvalue weighted by atomic mass is 19.1. The van der Waals surface area contributed by atoms with E-state index in [0.29, 0.717) is 23.6 Å². The normalized spacial score (nSPS) is 14.6. The predicted molar refractivity (Wildman–Crippen MR) is 128 cm³/mol. The van der Waals surface area contributed by atoms with Gasteiger partial charge in [-0.2, -0.15) is 5.10 Å². The van der Waals surface area contributed by atoms with Gasteiger partial charge in [0, 0.05) is 18.1 Å². The van der Waals surface area contributed by atoms with Crippen LogP contribution in [-0.2, 0) is 17.8 Å². The Labute approximate surface area is 198 Å². The van der Waals surface area contributed by atoms with Crippen LogP contribution in [0.5, 0.6) is 11.5 Å². The molecule has 34 heavy (non-hydrogen) atoms. The van der Waals surface area contributed by atoms with E-state index in [1.807, 2.05) is 24.3 Å². The molecule has 1 aliphatic carbocycles. The van der Waals surface area contributed by atoms with Crippen LogP contribution in [0.15, 0.2) is 54.7 Å². The van der Waals surface area contributed by atoms with E-state index < -0.39 is 5.97 Å². The molecule has 0 amide bonds. The minimum atomic E-state index is -0.833. The highest BCUT2D eigenvalue weighted by Crippen LogP contribution is 2.45. The Bertz CT molecular complexity index is 1230. The van der Waals surface area contributed by atoms with Crippen molar-refractivity contribution in [2.45, 2.75) is 46.1 Å². The monoisotopic (exact) mass is 464 g/mol. The molecule has 0 radical (unpaired) electrons. The van der Waals surface area contributed by atoms with Gasteiger partial charge in [-0.15, -0.1) is 0 Å². The number of rotatable bonds is 9. The number of aromatic nitrogens is 2. The maximum Gasteiger partial charge on any atom is 0.303 e. The molecule has 7 heteroatoms. The Hall–Kier alpha value is -3.61. The van der Waals surface area contributed by atoms with Gasteiger partial charge in [-0.05, 0) is 60.1 Å². The molecule has 0 bridgehead atoms. The summed E-state index contributed by atoms with van der Waals surface area (Å²) < 4.78 is 27.9. The second-order valence-corrected chi connectivity index (χ2v) is 9.12. The van der Waals surface area contributed by atoms with E-state index in [9.17, 15) is 9.18 Å². The lowest BCUT2D eigenvalue weighted by molar-refractivity contribution is -0.136. The van der Waals surface area contributed by atoms with E-state index in [1.54, 1.807) is 30.1 Å². The summed E-state index contributed by atoms with van der Waals surface area (Å²) in [6.07, 6.45) is 6.36. The molecule has 0 saturated heterocycles. The zero-order valence-corrected chi connectivity index (χ0v) is 19.7. The molecule has 178 valence electrons. The van der Waals surface area contributed by atoms with Crippen molar-refractivity contribution in [3.63, 3.8) is 0 Å². The molecule has 4 rings (SSSR count). The first-order valence-electron chi connectivity index (χ1n) is 11.3. The lowest BCUT2D eigenvalue weighted by Crippen LogP contribution is -2.15. The van der Waals surface area contributed by atoms with E-state index >= 15 is 0 Å². The number of nitrogens with zero attached hydrogens (tertiary/aromatic N) is 2. The van der Waals surface area contributed by atoms with Crippen LogP contribution in [0.25, 0.3) is 11.3 Å². The summed E-state index contributed by atoms with van der Waals surface area (Å²) in [5.74, 6) is -0.0249. The first-order chi connectivity index (χ1) is 16.3. The van der Waals surface area contributed by atoms with Crippen LogP contribution >= 0.6 is 0 Å². The van der Waals surface area contributed by atoms with Crippen LogP contribution in [0.1, 0.15) is 49.9 Å². The summed E-state index contributed by atoms with van der Waals surface area (Å²) >= 11 is 0. The van der Waals surface area contributed by atoms with E-state index in [4.69, 9.17) is 14.6 Å². The predicted octanol–water partition coefficient (Wildman–Crippen LogP) is 5.82. The van der Waals surface area contributed by atoms with Gasteiger partial charge in [0.25, 0.3) is 0 Å². The number of allylic oxidation sites excluding steroid dienone is 2. The van der Waals surface area contributed by atoms with Crippen molar-refractivity contribution in [1.82, 2.24) is 9.78 Å². The Balaban J connectivity index is 1.68. The highest BCUT2D eigenvalue weighted by molar-refractivity contribution is 5.73. The Morgan fingerprint density at radius 1 is 1.21 bits per heavy atom. The summed E-state index contributed by atoms with van der Waals surface area (Å²) in [5, 5.41) is 13.5. The number of hydrogen-bond donors (Lipinski definition) is 1. The zero-order valence-electron chi connectivity index (χ0n) is 19.7. The molecule has 1 heterocycles. The molecule has 0 unspecified atom stereocenters. The third kappa shape index (κ3) is 4.98. The van der Waals surface area contributed by atoms with Gasteiger partial charge >= 0.3 is 5.97 Å². The number of aryl methyl sites for hydroxylation is 1. The summed E-state index contributed by atoms with van der Waals surface area (Å²) in [6, 6.07) is 12.0. The maximum absolute atomic E-state index is 14.9. The fraction of sp³-hybridized carbons (Fsp3) is 0.333. The topological polar surface area (TPSA) is 73.6 Å². The Kier molecular flexibility index (Phi) is 6.72. The van der Waals surface area contributed by atoms with Crippen molar-refractivity contribution < 1.29 is 23.8 Å². The van der Waals surface area contributed by atoms with Gasteiger partial charge < -0.3 is 14.6 Å². The molecular weight excluding hydrogens is 435 g/mol. The number of halogens is 1. The number of benzene rings is 2. The number of carboxylic acid groups (broad SMARTS) is 1. The largest absolute Gasteiger partial charge is 0.497 e. The van der Waals surface area contributed by atoms with Gasteiger partial charge in [0.05, 0.1) is 19.0 Å². The van der Waals surface area contributed by atoms with Crippen molar-refractivity contribution in [3.8, 4) is 17.2 Å². The SMILES string of the molecule is COc1ccc(F)c(-n2ncc(COc3cccc(CCC(=O)O)c3)c2C2=CCCC2(C)C)c1. The van der Waals surface area contributed by atoms with E-state index in [2.05, 4.69) is 25.0 Å². The van der Waals surface area contributed by atoms with Crippen LogP contribution in [0, 0.1) is 11.2 Å². The molecule has 0 spiro atoms. The lowest BCUT2D eigenvalue weighted by atomic mass is 9.83. The molecule has 1 aromatic heterocycles. The molecule has 1 N–H and O–H groups in total. The first kappa shape index (κ1) is 23.5. The smallest absolute Gasteiger partial charge is 0.303 e. The molecule has 0 atom stereocenters. The van der Waals surface area contributed by atoms with Gasteiger partial charge in [0.2, 0.25) is 0 Å². The number of methoxy groups -OCH3 is 1. The lowest BCUT2D eigenvalue weighted by Gasteiger charge is -2.24. The van der Waals surface area contributed by atoms with E-state index in [-0.39, 0.29) is 24.3 Å². The fourth-order valence-electron chi connectivity index (χ4n) is 4.35. The van der Waals surface area contributed by atoms with Crippen molar-refractivity contribution in [1.29, 1.82) is 0 Å². The summed E-state index contributed by atoms with van der Waals surface area (Å²) in [6.45, 7) is 4.61. The summed E-state index contributed by atoms with van der Waals surface area (Å²) in [4.78, 5) is 10.9. The van der Waals surface area contributed by atoms with Crippen LogP contribution in [0.4, 0.5) is 4.39 Å². The second-order valence-electron chi connectivity index (χ2n) is 9.12. The van der Waals surface area contributed by atoms with E-state index in [1.165, 1.54) is 6.07 Å². The van der Waals surface area contributed by atoms with Crippen molar-refractivity contribution in [2.75, 3.05) is 7.11 Å². The fourth-order valence-corrected chi connectivity index (χ4v) is 4.35.